The van der Waals surface area contributed by atoms with Crippen LogP contribution in [0.15, 0.2) is 34.4 Å². The third-order valence-corrected chi connectivity index (χ3v) is 5.12. The monoisotopic (exact) mass is 244 g/mol. The molecule has 0 radical (unpaired) electrons. The Hall–Kier alpha value is -0.780. The van der Waals surface area contributed by atoms with Crippen molar-refractivity contribution in [3.05, 3.63) is 34.4 Å². The normalized spacial score (nSPS) is 30.4. The Kier molecular flexibility index (Phi) is 4.48. The number of hydrogen-bond acceptors (Lipinski definition) is 0. The first kappa shape index (κ1) is 13.6. The minimum Gasteiger partial charge on any atom is -0.0850 e. The standard InChI is InChI=1S/C18H28/c1-13-5-9-17(10-6-13)15(3)16(4)18-11-7-14(2)8-12-18/h5,7,17-18H,6,8-12H2,1-4H3. The van der Waals surface area contributed by atoms with Gasteiger partial charge in [0.1, 0.15) is 0 Å². The van der Waals surface area contributed by atoms with Crippen LogP contribution in [-0.4, -0.2) is 0 Å². The first-order valence-electron chi connectivity index (χ1n) is 7.56. The van der Waals surface area contributed by atoms with Crippen LogP contribution in [0.1, 0.15) is 66.2 Å². The number of rotatable bonds is 2. The van der Waals surface area contributed by atoms with E-state index in [-0.39, 0.29) is 0 Å². The fraction of sp³-hybridized carbons (Fsp3) is 0.667. The lowest BCUT2D eigenvalue weighted by molar-refractivity contribution is 0.494. The molecule has 0 aliphatic heterocycles. The van der Waals surface area contributed by atoms with Crippen molar-refractivity contribution in [3.63, 3.8) is 0 Å². The van der Waals surface area contributed by atoms with Crippen LogP contribution in [0.2, 0.25) is 0 Å². The first-order valence-corrected chi connectivity index (χ1v) is 7.56. The maximum atomic E-state index is 2.45. The predicted octanol–water partition coefficient (Wildman–Crippen LogP) is 5.82. The molecule has 0 heterocycles. The molecule has 0 N–H and O–H groups in total. The van der Waals surface area contributed by atoms with Crippen molar-refractivity contribution in [1.29, 1.82) is 0 Å². The summed E-state index contributed by atoms with van der Waals surface area (Å²) in [6.45, 7) is 9.33. The molecule has 2 unspecified atom stereocenters. The topological polar surface area (TPSA) is 0 Å². The van der Waals surface area contributed by atoms with E-state index in [1.807, 2.05) is 0 Å². The summed E-state index contributed by atoms with van der Waals surface area (Å²) in [5.74, 6) is 1.64. The molecule has 0 saturated heterocycles. The number of hydrogen-bond donors (Lipinski definition) is 0. The highest BCUT2D eigenvalue weighted by atomic mass is 14.3. The molecular formula is C18H28. The Morgan fingerprint density at radius 1 is 0.833 bits per heavy atom. The molecule has 0 aromatic rings. The second kappa shape index (κ2) is 5.91. The minimum absolute atomic E-state index is 0.820. The highest BCUT2D eigenvalue weighted by Gasteiger charge is 2.20. The molecule has 2 aliphatic rings. The van der Waals surface area contributed by atoms with Gasteiger partial charge in [-0.2, -0.15) is 0 Å². The summed E-state index contributed by atoms with van der Waals surface area (Å²) < 4.78 is 0. The average molecular weight is 244 g/mol. The quantitative estimate of drug-likeness (QED) is 0.537. The fourth-order valence-electron chi connectivity index (χ4n) is 3.36. The van der Waals surface area contributed by atoms with E-state index in [2.05, 4.69) is 39.8 Å². The summed E-state index contributed by atoms with van der Waals surface area (Å²) in [5.41, 5.74) is 6.56. The zero-order valence-corrected chi connectivity index (χ0v) is 12.6. The highest BCUT2D eigenvalue weighted by molar-refractivity contribution is 5.22. The van der Waals surface area contributed by atoms with Crippen LogP contribution in [0.4, 0.5) is 0 Å². The lowest BCUT2D eigenvalue weighted by Crippen LogP contribution is -2.13. The van der Waals surface area contributed by atoms with Gasteiger partial charge in [0.15, 0.2) is 0 Å². The van der Waals surface area contributed by atoms with E-state index in [1.54, 1.807) is 22.3 Å². The third-order valence-electron chi connectivity index (χ3n) is 5.12. The lowest BCUT2D eigenvalue weighted by Gasteiger charge is -2.28. The molecule has 0 fully saturated rings. The molecule has 0 saturated carbocycles. The van der Waals surface area contributed by atoms with Gasteiger partial charge in [0.25, 0.3) is 0 Å². The first-order chi connectivity index (χ1) is 8.58. The summed E-state index contributed by atoms with van der Waals surface area (Å²) in [7, 11) is 0. The maximum Gasteiger partial charge on any atom is -0.0166 e. The van der Waals surface area contributed by atoms with Gasteiger partial charge in [0.05, 0.1) is 0 Å². The van der Waals surface area contributed by atoms with E-state index in [0.717, 1.165) is 11.8 Å². The van der Waals surface area contributed by atoms with Crippen molar-refractivity contribution in [3.8, 4) is 0 Å². The van der Waals surface area contributed by atoms with Crippen molar-refractivity contribution in [2.24, 2.45) is 11.8 Å². The Balaban J connectivity index is 2.06. The molecule has 2 atom stereocenters. The largest absolute Gasteiger partial charge is 0.0850 e. The molecule has 0 aromatic carbocycles. The van der Waals surface area contributed by atoms with Crippen LogP contribution in [0, 0.1) is 11.8 Å². The van der Waals surface area contributed by atoms with Crippen molar-refractivity contribution < 1.29 is 0 Å². The van der Waals surface area contributed by atoms with Gasteiger partial charge in [0.2, 0.25) is 0 Å². The zero-order valence-electron chi connectivity index (χ0n) is 12.6. The van der Waals surface area contributed by atoms with Crippen molar-refractivity contribution in [1.82, 2.24) is 0 Å². The minimum atomic E-state index is 0.820. The Bertz CT molecular complexity index is 354. The second-order valence-corrected chi connectivity index (χ2v) is 6.41. The van der Waals surface area contributed by atoms with Gasteiger partial charge in [-0.15, -0.1) is 0 Å². The van der Waals surface area contributed by atoms with Crippen LogP contribution >= 0.6 is 0 Å². The van der Waals surface area contributed by atoms with Crippen LogP contribution in [-0.2, 0) is 0 Å². The number of allylic oxidation sites excluding steroid dienone is 6. The van der Waals surface area contributed by atoms with Crippen LogP contribution in [0.25, 0.3) is 0 Å². The van der Waals surface area contributed by atoms with E-state index >= 15 is 0 Å². The summed E-state index contributed by atoms with van der Waals surface area (Å²) in [5, 5.41) is 0. The van der Waals surface area contributed by atoms with Crippen molar-refractivity contribution >= 4 is 0 Å². The van der Waals surface area contributed by atoms with E-state index in [4.69, 9.17) is 0 Å². The van der Waals surface area contributed by atoms with E-state index in [9.17, 15) is 0 Å². The summed E-state index contributed by atoms with van der Waals surface area (Å²) >= 11 is 0. The highest BCUT2D eigenvalue weighted by Crippen LogP contribution is 2.36. The molecule has 0 aromatic heterocycles. The molecule has 0 heteroatoms. The average Bonchev–Trinajstić information content (AvgIpc) is 2.39. The molecule has 0 nitrogen and oxygen atoms in total. The molecule has 0 amide bonds. The molecule has 2 rings (SSSR count). The molecule has 100 valence electrons. The summed E-state index contributed by atoms with van der Waals surface area (Å²) in [6.07, 6.45) is 12.8. The molecule has 18 heavy (non-hydrogen) atoms. The Morgan fingerprint density at radius 2 is 1.22 bits per heavy atom. The van der Waals surface area contributed by atoms with E-state index in [1.165, 1.54) is 38.5 Å². The Morgan fingerprint density at radius 3 is 1.50 bits per heavy atom. The van der Waals surface area contributed by atoms with Gasteiger partial charge in [0, 0.05) is 0 Å². The lowest BCUT2D eigenvalue weighted by atomic mass is 9.78. The van der Waals surface area contributed by atoms with E-state index in [0.29, 0.717) is 0 Å². The summed E-state index contributed by atoms with van der Waals surface area (Å²) in [4.78, 5) is 0. The van der Waals surface area contributed by atoms with Crippen LogP contribution < -0.4 is 0 Å². The van der Waals surface area contributed by atoms with E-state index < -0.39 is 0 Å². The zero-order chi connectivity index (χ0) is 13.1. The molecular weight excluding hydrogens is 216 g/mol. The van der Waals surface area contributed by atoms with Crippen LogP contribution in [0.5, 0.6) is 0 Å². The molecule has 0 bridgehead atoms. The van der Waals surface area contributed by atoms with Gasteiger partial charge >= 0.3 is 0 Å². The molecule has 0 spiro atoms. The van der Waals surface area contributed by atoms with Gasteiger partial charge in [-0.3, -0.25) is 0 Å². The Labute approximate surface area is 113 Å². The van der Waals surface area contributed by atoms with Crippen molar-refractivity contribution in [2.75, 3.05) is 0 Å². The second-order valence-electron chi connectivity index (χ2n) is 6.41. The van der Waals surface area contributed by atoms with Crippen LogP contribution in [0.3, 0.4) is 0 Å². The van der Waals surface area contributed by atoms with Gasteiger partial charge < -0.3 is 0 Å². The smallest absolute Gasteiger partial charge is 0.0166 e. The van der Waals surface area contributed by atoms with Gasteiger partial charge in [-0.1, -0.05) is 34.4 Å². The van der Waals surface area contributed by atoms with Gasteiger partial charge in [-0.05, 0) is 78.1 Å². The predicted molar refractivity (Wildman–Crippen MR) is 80.6 cm³/mol. The summed E-state index contributed by atoms with van der Waals surface area (Å²) in [6, 6.07) is 0. The SMILES string of the molecule is CC1=CCC(C(C)=C(C)C2CC=C(C)CC2)CC1. The maximum absolute atomic E-state index is 2.45. The van der Waals surface area contributed by atoms with Crippen molar-refractivity contribution in [2.45, 2.75) is 66.2 Å². The molecule has 2 aliphatic carbocycles. The fourth-order valence-corrected chi connectivity index (χ4v) is 3.36. The third kappa shape index (κ3) is 3.16. The van der Waals surface area contributed by atoms with Gasteiger partial charge in [-0.25, -0.2) is 0 Å².